The van der Waals surface area contributed by atoms with Gasteiger partial charge in [-0.05, 0) is 46.8 Å². The molecule has 0 aliphatic carbocycles. The molecule has 0 unspecified atom stereocenters. The summed E-state index contributed by atoms with van der Waals surface area (Å²) < 4.78 is 50.2. The molecule has 4 rings (SSSR count). The summed E-state index contributed by atoms with van der Waals surface area (Å²) in [7, 11) is -3.89. The number of fused-ring (bicyclic) bond motifs is 1. The number of sulfonamides is 1. The van der Waals surface area contributed by atoms with Gasteiger partial charge in [-0.25, -0.2) is 0 Å². The highest BCUT2D eigenvalue weighted by molar-refractivity contribution is 7.89. The standard InChI is InChI=1S/C24H30N2O6S/c1-16-11-13-18(14-12-16)33(27,28)26-25-20(17-9-7-6-8-10-17)22-21-19(30-24(4,5)32-22)15-29-23(2,3)31-21/h6-14,19,21-22,26H,15H2,1-5H3/b25-20+/t19-,21-,22+/m1/s1. The lowest BCUT2D eigenvalue weighted by molar-refractivity contribution is -0.396. The first-order valence-corrected chi connectivity index (χ1v) is 12.3. The molecule has 8 nitrogen and oxygen atoms in total. The fourth-order valence-electron chi connectivity index (χ4n) is 3.93. The number of hydrogen-bond donors (Lipinski definition) is 1. The molecule has 2 aromatic carbocycles. The highest BCUT2D eigenvalue weighted by atomic mass is 32.2. The lowest BCUT2D eigenvalue weighted by atomic mass is 9.95. The van der Waals surface area contributed by atoms with Gasteiger partial charge < -0.3 is 18.9 Å². The Hall–Kier alpha value is -2.30. The number of rotatable bonds is 5. The van der Waals surface area contributed by atoms with E-state index in [9.17, 15) is 8.42 Å². The largest absolute Gasteiger partial charge is 0.348 e. The van der Waals surface area contributed by atoms with Crippen molar-refractivity contribution >= 4 is 15.7 Å². The van der Waals surface area contributed by atoms with Gasteiger partial charge in [-0.3, -0.25) is 0 Å². The monoisotopic (exact) mass is 474 g/mol. The molecular formula is C24H30N2O6S. The minimum Gasteiger partial charge on any atom is -0.348 e. The molecule has 2 aromatic rings. The van der Waals surface area contributed by atoms with Crippen LogP contribution in [-0.4, -0.2) is 50.6 Å². The molecule has 2 fully saturated rings. The van der Waals surface area contributed by atoms with Crippen molar-refractivity contribution in [3.63, 3.8) is 0 Å². The van der Waals surface area contributed by atoms with Crippen LogP contribution in [0.5, 0.6) is 0 Å². The van der Waals surface area contributed by atoms with Gasteiger partial charge in [-0.1, -0.05) is 48.0 Å². The van der Waals surface area contributed by atoms with Gasteiger partial charge in [0.05, 0.1) is 11.5 Å². The maximum atomic E-state index is 12.9. The van der Waals surface area contributed by atoms with Gasteiger partial charge in [0, 0.05) is 5.56 Å². The van der Waals surface area contributed by atoms with E-state index < -0.39 is 39.9 Å². The zero-order valence-electron chi connectivity index (χ0n) is 19.4. The van der Waals surface area contributed by atoms with Crippen LogP contribution in [0.3, 0.4) is 0 Å². The van der Waals surface area contributed by atoms with Crippen LogP contribution in [0, 0.1) is 6.92 Å². The van der Waals surface area contributed by atoms with Gasteiger partial charge in [0.2, 0.25) is 0 Å². The number of aryl methyl sites for hydroxylation is 1. The predicted molar refractivity (Wildman–Crippen MR) is 123 cm³/mol. The van der Waals surface area contributed by atoms with Crippen LogP contribution in [0.2, 0.25) is 0 Å². The highest BCUT2D eigenvalue weighted by Gasteiger charge is 2.51. The Bertz CT molecular complexity index is 1110. The Labute approximate surface area is 194 Å². The smallest absolute Gasteiger partial charge is 0.276 e. The molecule has 2 heterocycles. The molecule has 0 amide bonds. The van der Waals surface area contributed by atoms with Gasteiger partial charge in [-0.2, -0.15) is 18.4 Å². The lowest BCUT2D eigenvalue weighted by Gasteiger charge is -2.51. The molecule has 1 N–H and O–H groups in total. The summed E-state index contributed by atoms with van der Waals surface area (Å²) in [5.74, 6) is -1.80. The molecule has 3 atom stereocenters. The van der Waals surface area contributed by atoms with Crippen molar-refractivity contribution in [2.45, 2.75) is 69.4 Å². The van der Waals surface area contributed by atoms with Crippen LogP contribution in [0.1, 0.15) is 38.8 Å². The van der Waals surface area contributed by atoms with Crippen molar-refractivity contribution in [3.05, 3.63) is 65.7 Å². The van der Waals surface area contributed by atoms with Crippen molar-refractivity contribution in [1.82, 2.24) is 4.83 Å². The van der Waals surface area contributed by atoms with E-state index in [1.54, 1.807) is 38.1 Å². The zero-order chi connectivity index (χ0) is 23.9. The second-order valence-corrected chi connectivity index (χ2v) is 10.8. The van der Waals surface area contributed by atoms with E-state index in [1.807, 2.05) is 51.1 Å². The second kappa shape index (κ2) is 8.81. The molecule has 0 spiro atoms. The Morgan fingerprint density at radius 3 is 2.27 bits per heavy atom. The van der Waals surface area contributed by atoms with Crippen LogP contribution >= 0.6 is 0 Å². The molecule has 33 heavy (non-hydrogen) atoms. The van der Waals surface area contributed by atoms with E-state index >= 15 is 0 Å². The first-order chi connectivity index (χ1) is 15.5. The zero-order valence-corrected chi connectivity index (χ0v) is 20.3. The maximum absolute atomic E-state index is 12.9. The summed E-state index contributed by atoms with van der Waals surface area (Å²) in [6.07, 6.45) is -1.66. The van der Waals surface area contributed by atoms with Gasteiger partial charge in [-0.15, -0.1) is 0 Å². The molecule has 9 heteroatoms. The Morgan fingerprint density at radius 1 is 0.939 bits per heavy atom. The van der Waals surface area contributed by atoms with Crippen LogP contribution in [0.4, 0.5) is 0 Å². The Balaban J connectivity index is 1.74. The lowest BCUT2D eigenvalue weighted by Crippen LogP contribution is -2.64. The highest BCUT2D eigenvalue weighted by Crippen LogP contribution is 2.36. The number of hydrogen-bond acceptors (Lipinski definition) is 7. The third-order valence-electron chi connectivity index (χ3n) is 5.48. The van der Waals surface area contributed by atoms with Crippen LogP contribution in [0.25, 0.3) is 0 Å². The number of nitrogens with zero attached hydrogens (tertiary/aromatic N) is 1. The van der Waals surface area contributed by atoms with E-state index in [-0.39, 0.29) is 4.90 Å². The molecule has 2 aliphatic rings. The molecule has 2 saturated heterocycles. The second-order valence-electron chi connectivity index (χ2n) is 9.16. The fraction of sp³-hybridized carbons (Fsp3) is 0.458. The molecular weight excluding hydrogens is 444 g/mol. The molecule has 0 aromatic heterocycles. The van der Waals surface area contributed by atoms with Crippen molar-refractivity contribution in [2.75, 3.05) is 6.61 Å². The molecule has 0 saturated carbocycles. The quantitative estimate of drug-likeness (QED) is 0.528. The third-order valence-corrected chi connectivity index (χ3v) is 6.71. The van der Waals surface area contributed by atoms with E-state index in [0.29, 0.717) is 17.9 Å². The minimum absolute atomic E-state index is 0.124. The Kier molecular flexibility index (Phi) is 6.36. The predicted octanol–water partition coefficient (Wildman–Crippen LogP) is 3.35. The first-order valence-electron chi connectivity index (χ1n) is 10.8. The van der Waals surface area contributed by atoms with Crippen molar-refractivity contribution in [2.24, 2.45) is 5.10 Å². The number of hydrazone groups is 1. The van der Waals surface area contributed by atoms with Crippen molar-refractivity contribution < 1.29 is 27.4 Å². The van der Waals surface area contributed by atoms with Crippen LogP contribution in [-0.2, 0) is 29.0 Å². The summed E-state index contributed by atoms with van der Waals surface area (Å²) in [5.41, 5.74) is 2.07. The summed E-state index contributed by atoms with van der Waals surface area (Å²) in [6.45, 7) is 9.45. The van der Waals surface area contributed by atoms with Gasteiger partial charge in [0.1, 0.15) is 24.0 Å². The summed E-state index contributed by atoms with van der Waals surface area (Å²) in [4.78, 5) is 2.51. The molecule has 0 radical (unpaired) electrons. The van der Waals surface area contributed by atoms with Crippen molar-refractivity contribution in [3.8, 4) is 0 Å². The number of ether oxygens (including phenoxy) is 4. The number of nitrogens with one attached hydrogen (secondary N) is 1. The van der Waals surface area contributed by atoms with Crippen LogP contribution in [0.15, 0.2) is 64.6 Å². The minimum atomic E-state index is -3.89. The van der Waals surface area contributed by atoms with Crippen LogP contribution < -0.4 is 4.83 Å². The summed E-state index contributed by atoms with van der Waals surface area (Å²) in [6, 6.07) is 15.9. The van der Waals surface area contributed by atoms with Gasteiger partial charge in [0.25, 0.3) is 10.0 Å². The first kappa shape index (κ1) is 23.8. The SMILES string of the molecule is Cc1ccc(S(=O)(=O)N/N=C(\c2ccccc2)[C@@H]2OC(C)(C)O[C@@H]3COC(C)(C)O[C@H]32)cc1. The summed E-state index contributed by atoms with van der Waals surface area (Å²) in [5, 5.41) is 4.37. The molecule has 178 valence electrons. The van der Waals surface area contributed by atoms with E-state index in [2.05, 4.69) is 9.93 Å². The molecule has 0 bridgehead atoms. The molecule has 2 aliphatic heterocycles. The normalized spacial score (nSPS) is 26.9. The average molecular weight is 475 g/mol. The number of benzene rings is 2. The van der Waals surface area contributed by atoms with E-state index in [1.165, 1.54) is 0 Å². The maximum Gasteiger partial charge on any atom is 0.276 e. The average Bonchev–Trinajstić information content (AvgIpc) is 2.74. The summed E-state index contributed by atoms with van der Waals surface area (Å²) >= 11 is 0. The Morgan fingerprint density at radius 2 is 1.61 bits per heavy atom. The third kappa shape index (κ3) is 5.44. The topological polar surface area (TPSA) is 95.5 Å². The van der Waals surface area contributed by atoms with Gasteiger partial charge in [0.15, 0.2) is 11.6 Å². The fourth-order valence-corrected chi connectivity index (χ4v) is 4.75. The van der Waals surface area contributed by atoms with Gasteiger partial charge >= 0.3 is 0 Å². The van der Waals surface area contributed by atoms with E-state index in [4.69, 9.17) is 18.9 Å². The van der Waals surface area contributed by atoms with E-state index in [0.717, 1.165) is 5.56 Å². The van der Waals surface area contributed by atoms with Crippen molar-refractivity contribution in [1.29, 1.82) is 0 Å².